The molecule has 1 amide bonds. The van der Waals surface area contributed by atoms with Gasteiger partial charge in [-0.3, -0.25) is 4.79 Å². The van der Waals surface area contributed by atoms with E-state index in [9.17, 15) is 9.90 Å². The van der Waals surface area contributed by atoms with E-state index in [-0.39, 0.29) is 17.7 Å². The molecule has 1 saturated carbocycles. The molecular weight excluding hydrogens is 266 g/mol. The fourth-order valence-electron chi connectivity index (χ4n) is 1.85. The van der Waals surface area contributed by atoms with Gasteiger partial charge in [0.2, 0.25) is 11.1 Å². The zero-order valence-electron chi connectivity index (χ0n) is 11.1. The number of nitrogens with one attached hydrogen (secondary N) is 1. The van der Waals surface area contributed by atoms with Crippen LogP contribution in [0.15, 0.2) is 5.16 Å². The van der Waals surface area contributed by atoms with Crippen LogP contribution in [-0.2, 0) is 4.79 Å². The predicted octanol–water partition coefficient (Wildman–Crippen LogP) is 0.376. The number of thioether (sulfide) groups is 1. The van der Waals surface area contributed by atoms with Gasteiger partial charge in [-0.2, -0.15) is 0 Å². The van der Waals surface area contributed by atoms with Crippen LogP contribution in [0.2, 0.25) is 0 Å². The van der Waals surface area contributed by atoms with Crippen molar-refractivity contribution in [3.8, 4) is 0 Å². The van der Waals surface area contributed by atoms with E-state index in [1.54, 1.807) is 11.6 Å². The van der Waals surface area contributed by atoms with Gasteiger partial charge in [-0.05, 0) is 43.5 Å². The summed E-state index contributed by atoms with van der Waals surface area (Å²) in [6.07, 6.45) is 2.35. The van der Waals surface area contributed by atoms with E-state index in [1.165, 1.54) is 11.8 Å². The molecule has 7 nitrogen and oxygen atoms in total. The Labute approximate surface area is 116 Å². The zero-order valence-corrected chi connectivity index (χ0v) is 11.9. The fraction of sp³-hybridized carbons (Fsp3) is 0.818. The molecule has 0 radical (unpaired) electrons. The second-order valence-electron chi connectivity index (χ2n) is 4.98. The van der Waals surface area contributed by atoms with E-state index < -0.39 is 6.10 Å². The minimum atomic E-state index is -0.412. The van der Waals surface area contributed by atoms with E-state index in [0.717, 1.165) is 12.8 Å². The quantitative estimate of drug-likeness (QED) is 0.703. The van der Waals surface area contributed by atoms with Gasteiger partial charge in [0.1, 0.15) is 0 Å². The third kappa shape index (κ3) is 4.46. The molecule has 0 bridgehead atoms. The molecule has 0 aliphatic heterocycles. The molecule has 1 aliphatic carbocycles. The van der Waals surface area contributed by atoms with Crippen molar-refractivity contribution in [1.82, 2.24) is 25.5 Å². The Morgan fingerprint density at radius 2 is 2.32 bits per heavy atom. The van der Waals surface area contributed by atoms with Crippen LogP contribution < -0.4 is 5.32 Å². The first-order valence-electron chi connectivity index (χ1n) is 6.44. The fourth-order valence-corrected chi connectivity index (χ4v) is 2.60. The first-order chi connectivity index (χ1) is 9.06. The smallest absolute Gasteiger partial charge is 0.230 e. The lowest BCUT2D eigenvalue weighted by molar-refractivity contribution is -0.119. The summed E-state index contributed by atoms with van der Waals surface area (Å²) in [5.41, 5.74) is 0. The zero-order chi connectivity index (χ0) is 13.8. The second-order valence-corrected chi connectivity index (χ2v) is 5.92. The van der Waals surface area contributed by atoms with E-state index in [1.807, 2.05) is 6.92 Å². The number of carbonyl (C=O) groups is 1. The third-order valence-electron chi connectivity index (χ3n) is 2.79. The van der Waals surface area contributed by atoms with Gasteiger partial charge in [-0.25, -0.2) is 4.68 Å². The van der Waals surface area contributed by atoms with Gasteiger partial charge in [-0.1, -0.05) is 11.8 Å². The number of aromatic nitrogens is 4. The Morgan fingerprint density at radius 3 is 2.95 bits per heavy atom. The number of hydrogen-bond donors (Lipinski definition) is 2. The molecule has 106 valence electrons. The molecule has 1 aliphatic rings. The van der Waals surface area contributed by atoms with E-state index >= 15 is 0 Å². The molecule has 19 heavy (non-hydrogen) atoms. The van der Waals surface area contributed by atoms with Gasteiger partial charge in [0.05, 0.1) is 17.9 Å². The van der Waals surface area contributed by atoms with Crippen LogP contribution in [0.3, 0.4) is 0 Å². The monoisotopic (exact) mass is 285 g/mol. The number of hydrogen-bond acceptors (Lipinski definition) is 6. The Kier molecular flexibility index (Phi) is 4.76. The Morgan fingerprint density at radius 1 is 1.58 bits per heavy atom. The number of aliphatic hydroxyl groups is 1. The summed E-state index contributed by atoms with van der Waals surface area (Å²) in [5.74, 6) is 0.223. The van der Waals surface area contributed by atoms with Crippen LogP contribution in [0.5, 0.6) is 0 Å². The van der Waals surface area contributed by atoms with Gasteiger partial charge in [-0.15, -0.1) is 5.10 Å². The van der Waals surface area contributed by atoms with E-state index in [2.05, 4.69) is 20.8 Å². The van der Waals surface area contributed by atoms with Gasteiger partial charge >= 0.3 is 0 Å². The molecular formula is C11H19N5O2S. The molecule has 2 N–H and O–H groups in total. The van der Waals surface area contributed by atoms with Crippen LogP contribution in [-0.4, -0.2) is 49.1 Å². The van der Waals surface area contributed by atoms with Crippen molar-refractivity contribution in [2.75, 3.05) is 5.75 Å². The van der Waals surface area contributed by atoms with E-state index in [4.69, 9.17) is 0 Å². The predicted molar refractivity (Wildman–Crippen MR) is 70.7 cm³/mol. The highest BCUT2D eigenvalue weighted by atomic mass is 32.2. The maximum Gasteiger partial charge on any atom is 0.230 e. The average molecular weight is 285 g/mol. The van der Waals surface area contributed by atoms with Crippen molar-refractivity contribution in [2.45, 2.75) is 56.5 Å². The van der Waals surface area contributed by atoms with Crippen molar-refractivity contribution in [2.24, 2.45) is 0 Å². The molecule has 1 aromatic rings. The van der Waals surface area contributed by atoms with Crippen LogP contribution in [0.25, 0.3) is 0 Å². The Bertz CT molecular complexity index is 432. The van der Waals surface area contributed by atoms with Gasteiger partial charge in [0, 0.05) is 6.04 Å². The highest BCUT2D eigenvalue weighted by molar-refractivity contribution is 7.99. The van der Waals surface area contributed by atoms with Gasteiger partial charge in [0.15, 0.2) is 0 Å². The summed E-state index contributed by atoms with van der Waals surface area (Å²) in [5, 5.41) is 24.3. The average Bonchev–Trinajstić information content (AvgIpc) is 3.04. The van der Waals surface area contributed by atoms with Crippen LogP contribution in [0, 0.1) is 0 Å². The maximum absolute atomic E-state index is 11.7. The summed E-state index contributed by atoms with van der Waals surface area (Å²) >= 11 is 1.34. The minimum absolute atomic E-state index is 0.0347. The van der Waals surface area contributed by atoms with Gasteiger partial charge in [0.25, 0.3) is 0 Å². The molecule has 0 saturated heterocycles. The topological polar surface area (TPSA) is 92.9 Å². The molecule has 0 aromatic carbocycles. The summed E-state index contributed by atoms with van der Waals surface area (Å²) in [6, 6.07) is 0.377. The summed E-state index contributed by atoms with van der Waals surface area (Å²) in [4.78, 5) is 11.7. The van der Waals surface area contributed by atoms with Crippen molar-refractivity contribution in [1.29, 1.82) is 0 Å². The van der Waals surface area contributed by atoms with E-state index in [0.29, 0.717) is 17.6 Å². The molecule has 2 unspecified atom stereocenters. The molecule has 0 spiro atoms. The SMILES string of the molecule is CC(O)CC(C)NC(=O)CSc1nnnn1C1CC1. The van der Waals surface area contributed by atoms with Crippen LogP contribution in [0.1, 0.15) is 39.2 Å². The third-order valence-corrected chi connectivity index (χ3v) is 3.72. The van der Waals surface area contributed by atoms with Crippen LogP contribution in [0.4, 0.5) is 0 Å². The molecule has 2 atom stereocenters. The minimum Gasteiger partial charge on any atom is -0.393 e. The Hall–Kier alpha value is -1.15. The lowest BCUT2D eigenvalue weighted by atomic mass is 10.1. The molecule has 1 heterocycles. The second kappa shape index (κ2) is 6.33. The normalized spacial score (nSPS) is 18.1. The van der Waals surface area contributed by atoms with Gasteiger partial charge < -0.3 is 10.4 Å². The first-order valence-corrected chi connectivity index (χ1v) is 7.43. The lowest BCUT2D eigenvalue weighted by Gasteiger charge is -2.15. The summed E-state index contributed by atoms with van der Waals surface area (Å²) in [6.45, 7) is 3.59. The molecule has 1 fully saturated rings. The first kappa shape index (κ1) is 14.3. The highest BCUT2D eigenvalue weighted by Gasteiger charge is 2.28. The van der Waals surface area contributed by atoms with Crippen molar-refractivity contribution in [3.05, 3.63) is 0 Å². The maximum atomic E-state index is 11.7. The number of tetrazole rings is 1. The molecule has 2 rings (SSSR count). The highest BCUT2D eigenvalue weighted by Crippen LogP contribution is 2.36. The van der Waals surface area contributed by atoms with Crippen molar-refractivity contribution < 1.29 is 9.90 Å². The number of rotatable bonds is 7. The van der Waals surface area contributed by atoms with Crippen molar-refractivity contribution >= 4 is 17.7 Å². The lowest BCUT2D eigenvalue weighted by Crippen LogP contribution is -2.35. The van der Waals surface area contributed by atoms with Crippen molar-refractivity contribution in [3.63, 3.8) is 0 Å². The molecule has 1 aromatic heterocycles. The number of aliphatic hydroxyl groups excluding tert-OH is 1. The number of carbonyl (C=O) groups excluding carboxylic acids is 1. The van der Waals surface area contributed by atoms with Crippen LogP contribution >= 0.6 is 11.8 Å². The Balaban J connectivity index is 1.75. The summed E-state index contributed by atoms with van der Waals surface area (Å²) in [7, 11) is 0. The number of amides is 1. The summed E-state index contributed by atoms with van der Waals surface area (Å²) < 4.78 is 1.79. The standard InChI is InChI=1S/C11H19N5O2S/c1-7(5-8(2)17)12-10(18)6-19-11-13-14-15-16(11)9-3-4-9/h7-9,17H,3-6H2,1-2H3,(H,12,18). The number of nitrogens with zero attached hydrogens (tertiary/aromatic N) is 4. The molecule has 8 heteroatoms. The largest absolute Gasteiger partial charge is 0.393 e.